The number of hydrogen-bond donors (Lipinski definition) is 2. The summed E-state index contributed by atoms with van der Waals surface area (Å²) in [4.78, 5) is 28.9. The van der Waals surface area contributed by atoms with Crippen molar-refractivity contribution < 1.29 is 9.72 Å². The molecule has 1 aromatic heterocycles. The number of aromatic nitrogens is 2. The average Bonchev–Trinajstić information content (AvgIpc) is 2.36. The number of carbonyl (C=O) groups excluding carboxylic acids is 1. The Balaban J connectivity index is 2.51. The third-order valence-electron chi connectivity index (χ3n) is 2.29. The van der Waals surface area contributed by atoms with Crippen LogP contribution in [0.3, 0.4) is 0 Å². The van der Waals surface area contributed by atoms with Crippen molar-refractivity contribution in [1.82, 2.24) is 15.3 Å². The SMILES string of the molecule is CC(C)CNC(=O)CCNc1nc(Cl)ncc1[N+](=O)[O-]. The van der Waals surface area contributed by atoms with E-state index in [1.54, 1.807) is 0 Å². The van der Waals surface area contributed by atoms with Crippen LogP contribution in [-0.2, 0) is 4.79 Å². The highest BCUT2D eigenvalue weighted by molar-refractivity contribution is 6.28. The van der Waals surface area contributed by atoms with Crippen molar-refractivity contribution in [2.45, 2.75) is 20.3 Å². The Kier molecular flexibility index (Phi) is 6.10. The van der Waals surface area contributed by atoms with Gasteiger partial charge >= 0.3 is 5.69 Å². The van der Waals surface area contributed by atoms with Crippen molar-refractivity contribution in [1.29, 1.82) is 0 Å². The minimum Gasteiger partial charge on any atom is -0.364 e. The molecular formula is C11H16ClN5O3. The minimum absolute atomic E-state index is 0.00617. The molecule has 0 saturated heterocycles. The van der Waals surface area contributed by atoms with Crippen molar-refractivity contribution in [3.63, 3.8) is 0 Å². The minimum atomic E-state index is -0.614. The van der Waals surface area contributed by atoms with E-state index in [-0.39, 0.29) is 35.7 Å². The molecule has 0 aliphatic rings. The number of amides is 1. The lowest BCUT2D eigenvalue weighted by molar-refractivity contribution is -0.384. The maximum absolute atomic E-state index is 11.5. The topological polar surface area (TPSA) is 110 Å². The van der Waals surface area contributed by atoms with Crippen molar-refractivity contribution in [3.8, 4) is 0 Å². The van der Waals surface area contributed by atoms with E-state index in [0.29, 0.717) is 12.5 Å². The highest BCUT2D eigenvalue weighted by atomic mass is 35.5. The second-order valence-electron chi connectivity index (χ2n) is 4.50. The molecule has 1 rings (SSSR count). The number of nitrogens with one attached hydrogen (secondary N) is 2. The molecular weight excluding hydrogens is 286 g/mol. The predicted octanol–water partition coefficient (Wildman–Crippen LogP) is 1.61. The lowest BCUT2D eigenvalue weighted by atomic mass is 10.2. The van der Waals surface area contributed by atoms with Gasteiger partial charge in [-0.05, 0) is 17.5 Å². The average molecular weight is 302 g/mol. The van der Waals surface area contributed by atoms with Gasteiger partial charge in [0.05, 0.1) is 4.92 Å². The zero-order chi connectivity index (χ0) is 15.1. The Morgan fingerprint density at radius 2 is 2.25 bits per heavy atom. The molecule has 1 aromatic rings. The summed E-state index contributed by atoms with van der Waals surface area (Å²) in [6, 6.07) is 0. The summed E-state index contributed by atoms with van der Waals surface area (Å²) in [5.41, 5.74) is -0.281. The van der Waals surface area contributed by atoms with Gasteiger partial charge in [-0.15, -0.1) is 0 Å². The molecule has 2 N–H and O–H groups in total. The Morgan fingerprint density at radius 3 is 2.85 bits per heavy atom. The molecule has 0 radical (unpaired) electrons. The van der Waals surface area contributed by atoms with Gasteiger partial charge in [-0.3, -0.25) is 14.9 Å². The molecule has 110 valence electrons. The highest BCUT2D eigenvalue weighted by Gasteiger charge is 2.16. The molecule has 0 atom stereocenters. The van der Waals surface area contributed by atoms with Crippen molar-refractivity contribution in [2.24, 2.45) is 5.92 Å². The van der Waals surface area contributed by atoms with Crippen LogP contribution < -0.4 is 10.6 Å². The molecule has 1 heterocycles. The molecule has 0 fully saturated rings. The first-order valence-electron chi connectivity index (χ1n) is 6.07. The van der Waals surface area contributed by atoms with Crippen LogP contribution in [0.1, 0.15) is 20.3 Å². The van der Waals surface area contributed by atoms with Crippen LogP contribution in [0.25, 0.3) is 0 Å². The summed E-state index contributed by atoms with van der Waals surface area (Å²) in [5.74, 6) is 0.245. The summed E-state index contributed by atoms with van der Waals surface area (Å²) in [7, 11) is 0. The third-order valence-corrected chi connectivity index (χ3v) is 2.47. The number of nitrogens with zero attached hydrogens (tertiary/aromatic N) is 3. The van der Waals surface area contributed by atoms with Crippen LogP contribution in [0, 0.1) is 16.0 Å². The van der Waals surface area contributed by atoms with Crippen LogP contribution in [0.2, 0.25) is 5.28 Å². The molecule has 8 nitrogen and oxygen atoms in total. The van der Waals surface area contributed by atoms with E-state index in [9.17, 15) is 14.9 Å². The molecule has 1 amide bonds. The molecule has 0 spiro atoms. The zero-order valence-corrected chi connectivity index (χ0v) is 12.0. The van der Waals surface area contributed by atoms with Gasteiger partial charge in [0.2, 0.25) is 17.0 Å². The second-order valence-corrected chi connectivity index (χ2v) is 4.84. The highest BCUT2D eigenvalue weighted by Crippen LogP contribution is 2.21. The molecule has 0 unspecified atom stereocenters. The van der Waals surface area contributed by atoms with E-state index in [0.717, 1.165) is 6.20 Å². The van der Waals surface area contributed by atoms with Gasteiger partial charge in [0, 0.05) is 19.5 Å². The van der Waals surface area contributed by atoms with Crippen LogP contribution in [0.15, 0.2) is 6.20 Å². The smallest absolute Gasteiger partial charge is 0.329 e. The van der Waals surface area contributed by atoms with Crippen molar-refractivity contribution in [3.05, 3.63) is 21.6 Å². The van der Waals surface area contributed by atoms with E-state index in [4.69, 9.17) is 11.6 Å². The van der Waals surface area contributed by atoms with Crippen molar-refractivity contribution in [2.75, 3.05) is 18.4 Å². The fraction of sp³-hybridized carbons (Fsp3) is 0.545. The van der Waals surface area contributed by atoms with Crippen LogP contribution >= 0.6 is 11.6 Å². The predicted molar refractivity (Wildman–Crippen MR) is 74.7 cm³/mol. The Morgan fingerprint density at radius 1 is 1.55 bits per heavy atom. The first-order chi connectivity index (χ1) is 9.40. The van der Waals surface area contributed by atoms with Crippen LogP contribution in [-0.4, -0.2) is 33.9 Å². The maximum Gasteiger partial charge on any atom is 0.329 e. The number of anilines is 1. The zero-order valence-electron chi connectivity index (χ0n) is 11.2. The maximum atomic E-state index is 11.5. The Hall–Kier alpha value is -1.96. The van der Waals surface area contributed by atoms with Gasteiger partial charge in [0.1, 0.15) is 6.20 Å². The van der Waals surface area contributed by atoms with Crippen molar-refractivity contribution >= 4 is 29.0 Å². The van der Waals surface area contributed by atoms with Crippen LogP contribution in [0.5, 0.6) is 0 Å². The van der Waals surface area contributed by atoms with E-state index in [1.165, 1.54) is 0 Å². The number of halogens is 1. The Labute approximate surface area is 121 Å². The normalized spacial score (nSPS) is 10.4. The molecule has 0 aliphatic carbocycles. The summed E-state index contributed by atoms with van der Waals surface area (Å²) < 4.78 is 0. The molecule has 0 saturated carbocycles. The largest absolute Gasteiger partial charge is 0.364 e. The summed E-state index contributed by atoms with van der Waals surface area (Å²) in [6.45, 7) is 4.80. The summed E-state index contributed by atoms with van der Waals surface area (Å²) in [6.07, 6.45) is 1.21. The molecule has 0 bridgehead atoms. The fourth-order valence-electron chi connectivity index (χ4n) is 1.32. The number of carbonyl (C=O) groups is 1. The van der Waals surface area contributed by atoms with Crippen LogP contribution in [0.4, 0.5) is 11.5 Å². The Bertz CT molecular complexity index is 495. The summed E-state index contributed by atoms with van der Waals surface area (Å²) in [5, 5.41) is 16.1. The molecule has 0 aromatic carbocycles. The van der Waals surface area contributed by atoms with Gasteiger partial charge in [0.25, 0.3) is 0 Å². The standard InChI is InChI=1S/C11H16ClN5O3/c1-7(2)5-14-9(18)3-4-13-10-8(17(19)20)6-15-11(12)16-10/h6-7H,3-5H2,1-2H3,(H,14,18)(H,13,15,16). The van der Waals surface area contributed by atoms with E-state index >= 15 is 0 Å². The molecule has 20 heavy (non-hydrogen) atoms. The first kappa shape index (κ1) is 16.1. The number of hydrogen-bond acceptors (Lipinski definition) is 6. The quantitative estimate of drug-likeness (QED) is 0.450. The number of rotatable bonds is 7. The van der Waals surface area contributed by atoms with E-state index < -0.39 is 4.92 Å². The second kappa shape index (κ2) is 7.59. The van der Waals surface area contributed by atoms with E-state index in [2.05, 4.69) is 20.6 Å². The number of nitro groups is 1. The monoisotopic (exact) mass is 301 g/mol. The lowest BCUT2D eigenvalue weighted by Crippen LogP contribution is -2.28. The van der Waals surface area contributed by atoms with Gasteiger partial charge in [-0.1, -0.05) is 13.8 Å². The lowest BCUT2D eigenvalue weighted by Gasteiger charge is -2.08. The van der Waals surface area contributed by atoms with Gasteiger partial charge in [-0.2, -0.15) is 4.98 Å². The first-order valence-corrected chi connectivity index (χ1v) is 6.45. The third kappa shape index (κ3) is 5.35. The van der Waals surface area contributed by atoms with E-state index in [1.807, 2.05) is 13.8 Å². The molecule has 0 aliphatic heterocycles. The fourth-order valence-corrected chi connectivity index (χ4v) is 1.45. The van der Waals surface area contributed by atoms with Gasteiger partial charge in [-0.25, -0.2) is 4.98 Å². The van der Waals surface area contributed by atoms with Gasteiger partial charge in [0.15, 0.2) is 0 Å². The van der Waals surface area contributed by atoms with Gasteiger partial charge < -0.3 is 10.6 Å². The summed E-state index contributed by atoms with van der Waals surface area (Å²) >= 11 is 5.58. The molecule has 9 heteroatoms.